The minimum absolute atomic E-state index is 0.0835. The Bertz CT molecular complexity index is 975. The average Bonchev–Trinajstić information content (AvgIpc) is 3.23. The van der Waals surface area contributed by atoms with Gasteiger partial charge in [0.25, 0.3) is 0 Å². The average molecular weight is 450 g/mol. The maximum absolute atomic E-state index is 12.7. The molecule has 3 N–H and O–H groups in total. The van der Waals surface area contributed by atoms with Crippen LogP contribution in [0.1, 0.15) is 25.0 Å². The number of likely N-dealkylation sites (tertiary alicyclic amines) is 1. The number of nitrogens with zero attached hydrogens (tertiary/aromatic N) is 2. The maximum Gasteiger partial charge on any atom is 0.416 e. The molecule has 2 aromatic rings. The van der Waals surface area contributed by atoms with Crippen LogP contribution in [0.4, 0.5) is 13.2 Å². The fraction of sp³-hybridized carbons (Fsp3) is 0.409. The normalized spacial score (nSPS) is 22.2. The molecule has 2 aliphatic rings. The second-order valence-corrected chi connectivity index (χ2v) is 8.53. The maximum atomic E-state index is 12.7. The van der Waals surface area contributed by atoms with Crippen molar-refractivity contribution in [2.45, 2.75) is 37.6 Å². The summed E-state index contributed by atoms with van der Waals surface area (Å²) in [6.45, 7) is 4.37. The van der Waals surface area contributed by atoms with Crippen LogP contribution >= 0.6 is 0 Å². The number of rotatable bonds is 7. The van der Waals surface area contributed by atoms with Gasteiger partial charge in [0, 0.05) is 36.6 Å². The number of aromatic nitrogens is 2. The Morgan fingerprint density at radius 2 is 1.94 bits per heavy atom. The van der Waals surface area contributed by atoms with E-state index in [0.29, 0.717) is 18.8 Å². The summed E-state index contributed by atoms with van der Waals surface area (Å²) in [6, 6.07) is 4.66. The molecule has 10 heteroatoms. The van der Waals surface area contributed by atoms with Crippen molar-refractivity contribution in [3.8, 4) is 5.75 Å². The van der Waals surface area contributed by atoms with Crippen LogP contribution in [-0.2, 0) is 10.9 Å². The Labute approximate surface area is 183 Å². The fourth-order valence-corrected chi connectivity index (χ4v) is 3.43. The predicted molar refractivity (Wildman–Crippen MR) is 111 cm³/mol. The van der Waals surface area contributed by atoms with E-state index in [0.717, 1.165) is 23.3 Å². The molecule has 1 atom stereocenters. The van der Waals surface area contributed by atoms with Crippen LogP contribution in [0.25, 0.3) is 5.57 Å². The molecule has 0 amide bonds. The van der Waals surface area contributed by atoms with Gasteiger partial charge in [0.1, 0.15) is 11.9 Å². The first kappa shape index (κ1) is 22.4. The first-order chi connectivity index (χ1) is 15.0. The van der Waals surface area contributed by atoms with Gasteiger partial charge in [-0.25, -0.2) is 4.90 Å². The molecule has 2 aliphatic heterocycles. The van der Waals surface area contributed by atoms with Crippen molar-refractivity contribution in [2.75, 3.05) is 19.7 Å². The molecule has 0 saturated carbocycles. The first-order valence-corrected chi connectivity index (χ1v) is 10.2. The van der Waals surface area contributed by atoms with E-state index in [1.54, 1.807) is 26.2 Å². The van der Waals surface area contributed by atoms with E-state index in [1.807, 2.05) is 23.3 Å². The van der Waals surface area contributed by atoms with Crippen molar-refractivity contribution in [3.05, 3.63) is 66.1 Å². The molecule has 0 aliphatic carbocycles. The summed E-state index contributed by atoms with van der Waals surface area (Å²) in [5, 5.41) is 20.1. The number of allylic oxidation sites excluding steroid dienone is 2. The third-order valence-corrected chi connectivity index (χ3v) is 5.20. The number of aliphatic hydroxyl groups is 1. The highest BCUT2D eigenvalue weighted by Gasteiger charge is 2.45. The second-order valence-electron chi connectivity index (χ2n) is 8.53. The molecule has 1 saturated heterocycles. The van der Waals surface area contributed by atoms with Crippen LogP contribution in [-0.4, -0.2) is 57.5 Å². The summed E-state index contributed by atoms with van der Waals surface area (Å²) in [4.78, 5) is 1.99. The Kier molecular flexibility index (Phi) is 5.78. The van der Waals surface area contributed by atoms with Crippen molar-refractivity contribution < 1.29 is 27.8 Å². The van der Waals surface area contributed by atoms with Crippen molar-refractivity contribution in [1.29, 1.82) is 0 Å². The van der Waals surface area contributed by atoms with Crippen molar-refractivity contribution in [3.63, 3.8) is 0 Å². The standard InChI is InChI=1S/C22H25F3N4O3/c1-20(2,30)14-31-21(8-7-15(9-26-21)16-10-27-28-11-16)29-12-19(13-29)32-18-5-3-17(4-6-18)22(23,24)25/h3-11,19,26,30H,12-14H2,1-2H3,(H,27,28). The number of ether oxygens (including phenoxy) is 2. The number of benzene rings is 1. The molecule has 1 aromatic heterocycles. The Balaban J connectivity index is 1.41. The topological polar surface area (TPSA) is 82.6 Å². The van der Waals surface area contributed by atoms with E-state index in [9.17, 15) is 18.3 Å². The van der Waals surface area contributed by atoms with E-state index in [1.165, 1.54) is 12.1 Å². The summed E-state index contributed by atoms with van der Waals surface area (Å²) >= 11 is 0. The van der Waals surface area contributed by atoms with Gasteiger partial charge in [-0.05, 0) is 44.2 Å². The highest BCUT2D eigenvalue weighted by molar-refractivity contribution is 5.74. The number of halogens is 3. The zero-order valence-corrected chi connectivity index (χ0v) is 17.7. The summed E-state index contributed by atoms with van der Waals surface area (Å²) in [7, 11) is 0. The third-order valence-electron chi connectivity index (χ3n) is 5.20. The lowest BCUT2D eigenvalue weighted by Gasteiger charge is -2.51. The van der Waals surface area contributed by atoms with Crippen molar-refractivity contribution >= 4 is 5.57 Å². The van der Waals surface area contributed by atoms with Crippen LogP contribution < -0.4 is 10.1 Å². The first-order valence-electron chi connectivity index (χ1n) is 10.2. The molecule has 0 bridgehead atoms. The van der Waals surface area contributed by atoms with Crippen molar-refractivity contribution in [2.24, 2.45) is 0 Å². The minimum Gasteiger partial charge on any atom is -0.488 e. The van der Waals surface area contributed by atoms with E-state index in [2.05, 4.69) is 15.5 Å². The Morgan fingerprint density at radius 1 is 1.22 bits per heavy atom. The quantitative estimate of drug-likeness (QED) is 0.601. The number of nitrogens with one attached hydrogen (secondary N) is 2. The van der Waals surface area contributed by atoms with Crippen LogP contribution in [0.3, 0.4) is 0 Å². The van der Waals surface area contributed by atoms with Gasteiger partial charge in [-0.15, -0.1) is 0 Å². The molecule has 7 nitrogen and oxygen atoms in total. The van der Waals surface area contributed by atoms with Gasteiger partial charge in [-0.2, -0.15) is 18.3 Å². The summed E-state index contributed by atoms with van der Waals surface area (Å²) in [6.07, 6.45) is 4.51. The zero-order chi connectivity index (χ0) is 23.0. The molecule has 1 fully saturated rings. The van der Waals surface area contributed by atoms with Crippen LogP contribution in [0.2, 0.25) is 0 Å². The minimum atomic E-state index is -4.38. The van der Waals surface area contributed by atoms with Gasteiger partial charge in [0.15, 0.2) is 0 Å². The number of dihydropyridines is 1. The van der Waals surface area contributed by atoms with Gasteiger partial charge >= 0.3 is 6.18 Å². The fourth-order valence-electron chi connectivity index (χ4n) is 3.43. The zero-order valence-electron chi connectivity index (χ0n) is 17.7. The number of alkyl halides is 3. The molecule has 32 heavy (non-hydrogen) atoms. The summed E-state index contributed by atoms with van der Waals surface area (Å²) < 4.78 is 50.1. The van der Waals surface area contributed by atoms with Gasteiger partial charge < -0.3 is 19.9 Å². The van der Waals surface area contributed by atoms with Crippen LogP contribution in [0, 0.1) is 0 Å². The van der Waals surface area contributed by atoms with Gasteiger partial charge in [-0.3, -0.25) is 5.10 Å². The summed E-state index contributed by atoms with van der Waals surface area (Å²) in [5.74, 6) is -0.601. The lowest BCUT2D eigenvalue weighted by atomic mass is 10.0. The van der Waals surface area contributed by atoms with Gasteiger partial charge in [0.2, 0.25) is 5.85 Å². The van der Waals surface area contributed by atoms with E-state index >= 15 is 0 Å². The van der Waals surface area contributed by atoms with Crippen molar-refractivity contribution in [1.82, 2.24) is 20.4 Å². The number of hydrogen-bond donors (Lipinski definition) is 3. The Hall–Kier alpha value is -2.82. The molecule has 3 heterocycles. The van der Waals surface area contributed by atoms with Crippen LogP contribution in [0.15, 0.2) is 55.0 Å². The van der Waals surface area contributed by atoms with E-state index < -0.39 is 23.2 Å². The molecule has 1 aromatic carbocycles. The Morgan fingerprint density at radius 3 is 2.47 bits per heavy atom. The lowest BCUT2D eigenvalue weighted by molar-refractivity contribution is -0.205. The third kappa shape index (κ3) is 4.98. The van der Waals surface area contributed by atoms with Crippen LogP contribution in [0.5, 0.6) is 5.75 Å². The summed E-state index contributed by atoms with van der Waals surface area (Å²) in [5.41, 5.74) is 0.0880. The molecule has 4 rings (SSSR count). The molecule has 0 spiro atoms. The second kappa shape index (κ2) is 8.27. The monoisotopic (exact) mass is 450 g/mol. The van der Waals surface area contributed by atoms with E-state index in [-0.39, 0.29) is 12.7 Å². The highest BCUT2D eigenvalue weighted by atomic mass is 19.4. The SMILES string of the molecule is CC(C)(O)COC1(N2CC(Oc3ccc(C(F)(F)F)cc3)C2)C=CC(c2cn[nH]c2)=CN1. The van der Waals surface area contributed by atoms with Gasteiger partial charge in [-0.1, -0.05) is 6.08 Å². The highest BCUT2D eigenvalue weighted by Crippen LogP contribution is 2.33. The number of hydrogen-bond acceptors (Lipinski definition) is 6. The smallest absolute Gasteiger partial charge is 0.416 e. The largest absolute Gasteiger partial charge is 0.488 e. The predicted octanol–water partition coefficient (Wildman–Crippen LogP) is 3.13. The molecule has 0 radical (unpaired) electrons. The number of aromatic amines is 1. The number of H-pyrrole nitrogens is 1. The lowest BCUT2D eigenvalue weighted by Crippen LogP contribution is -2.69. The van der Waals surface area contributed by atoms with Gasteiger partial charge in [0.05, 0.1) is 24.0 Å². The molecular weight excluding hydrogens is 425 g/mol. The molecule has 1 unspecified atom stereocenters. The van der Waals surface area contributed by atoms with E-state index in [4.69, 9.17) is 9.47 Å². The molecule has 172 valence electrons. The molecular formula is C22H25F3N4O3.